The largest absolute Gasteiger partial charge is 0.439 e. The Morgan fingerprint density at radius 2 is 1.82 bits per heavy atom. The summed E-state index contributed by atoms with van der Waals surface area (Å²) >= 11 is 6.02. The highest BCUT2D eigenvalue weighted by Crippen LogP contribution is 2.23. The molecule has 0 aliphatic heterocycles. The molecule has 13 heteroatoms. The number of aromatic nitrogens is 5. The number of nitrogens with one attached hydrogen (secondary N) is 2. The molecule has 2 N–H and O–H groups in total. The number of aryl methyl sites for hydroxylation is 1. The lowest BCUT2D eigenvalue weighted by atomic mass is 10.2. The summed E-state index contributed by atoms with van der Waals surface area (Å²) in [7, 11) is 0. The third-order valence-electron chi connectivity index (χ3n) is 5.50. The van der Waals surface area contributed by atoms with Crippen LogP contribution in [-0.4, -0.2) is 30.6 Å². The molecule has 0 spiro atoms. The molecule has 0 saturated carbocycles. The number of carbonyl (C=O) groups excluding carboxylic acids is 1. The lowest BCUT2D eigenvalue weighted by molar-refractivity contribution is 0.0947. The predicted octanol–water partition coefficient (Wildman–Crippen LogP) is 4.64. The summed E-state index contributed by atoms with van der Waals surface area (Å²) in [5, 5.41) is 10.0. The number of amides is 1. The fraction of sp³-hybridized carbons (Fsp3) is 0.111. The number of hydrogen-bond donors (Lipinski definition) is 2. The first-order valence-electron chi connectivity index (χ1n) is 11.9. The number of nitrogens with zero attached hydrogens (tertiary/aromatic N) is 5. The van der Waals surface area contributed by atoms with Crippen LogP contribution in [0, 0.1) is 12.9 Å². The van der Waals surface area contributed by atoms with Crippen LogP contribution < -0.4 is 20.9 Å². The fourth-order valence-corrected chi connectivity index (χ4v) is 3.75. The minimum absolute atomic E-state index is 0.0215. The number of hydrogen-bond acceptors (Lipinski definition) is 9. The molecule has 2 aromatic carbocycles. The average Bonchev–Trinajstić information content (AvgIpc) is 3.36. The SMILES string of the molecule is Cc1nc(CNC(=O)c2cn(Cc3ccc(Cl)cc3)c(Nc3ccc(Oc4cccc(F)n4)cc3)nc2=O)no1. The molecule has 0 fully saturated rings. The van der Waals surface area contributed by atoms with Crippen molar-refractivity contribution in [2.75, 3.05) is 5.32 Å². The Bertz CT molecular complexity index is 1710. The summed E-state index contributed by atoms with van der Waals surface area (Å²) in [4.78, 5) is 37.6. The van der Waals surface area contributed by atoms with Crippen molar-refractivity contribution in [1.29, 1.82) is 0 Å². The summed E-state index contributed by atoms with van der Waals surface area (Å²) in [6, 6.07) is 18.1. The van der Waals surface area contributed by atoms with Gasteiger partial charge in [0.2, 0.25) is 23.7 Å². The topological polar surface area (TPSA) is 137 Å². The second-order valence-electron chi connectivity index (χ2n) is 8.50. The number of carbonyl (C=O) groups is 1. The summed E-state index contributed by atoms with van der Waals surface area (Å²) < 4.78 is 25.5. The van der Waals surface area contributed by atoms with Crippen molar-refractivity contribution in [3.63, 3.8) is 0 Å². The summed E-state index contributed by atoms with van der Waals surface area (Å²) in [6.07, 6.45) is 1.43. The third-order valence-corrected chi connectivity index (χ3v) is 5.76. The van der Waals surface area contributed by atoms with E-state index in [4.69, 9.17) is 20.9 Å². The Morgan fingerprint density at radius 3 is 2.52 bits per heavy atom. The van der Waals surface area contributed by atoms with Gasteiger partial charge in [-0.1, -0.05) is 35.0 Å². The molecule has 0 unspecified atom stereocenters. The van der Waals surface area contributed by atoms with E-state index >= 15 is 0 Å². The van der Waals surface area contributed by atoms with Crippen LogP contribution in [0.5, 0.6) is 11.6 Å². The van der Waals surface area contributed by atoms with Gasteiger partial charge in [-0.2, -0.15) is 19.3 Å². The highest BCUT2D eigenvalue weighted by molar-refractivity contribution is 6.30. The van der Waals surface area contributed by atoms with Gasteiger partial charge in [0.25, 0.3) is 11.5 Å². The number of halogens is 2. The maximum atomic E-state index is 13.3. The second kappa shape index (κ2) is 11.7. The summed E-state index contributed by atoms with van der Waals surface area (Å²) in [6.45, 7) is 1.89. The van der Waals surface area contributed by atoms with Crippen LogP contribution in [-0.2, 0) is 13.1 Å². The van der Waals surface area contributed by atoms with Crippen LogP contribution >= 0.6 is 11.6 Å². The zero-order valence-electron chi connectivity index (χ0n) is 21.0. The molecule has 3 heterocycles. The highest BCUT2D eigenvalue weighted by Gasteiger charge is 2.17. The summed E-state index contributed by atoms with van der Waals surface area (Å²) in [5.74, 6) is 0.0923. The normalized spacial score (nSPS) is 10.8. The molecule has 202 valence electrons. The van der Waals surface area contributed by atoms with E-state index in [0.717, 1.165) is 5.56 Å². The minimum Gasteiger partial charge on any atom is -0.439 e. The maximum absolute atomic E-state index is 13.3. The molecule has 0 radical (unpaired) electrons. The van der Waals surface area contributed by atoms with Crippen molar-refractivity contribution in [1.82, 2.24) is 30.0 Å². The Hall–Kier alpha value is -5.10. The van der Waals surface area contributed by atoms with E-state index in [2.05, 4.69) is 30.7 Å². The second-order valence-corrected chi connectivity index (χ2v) is 8.94. The molecule has 1 amide bonds. The molecule has 0 aliphatic carbocycles. The molecular formula is C27H21ClFN7O4. The molecular weight excluding hydrogens is 541 g/mol. The average molecular weight is 562 g/mol. The van der Waals surface area contributed by atoms with Crippen LogP contribution in [0.25, 0.3) is 0 Å². The Balaban J connectivity index is 1.38. The van der Waals surface area contributed by atoms with E-state index in [1.807, 2.05) is 12.1 Å². The number of anilines is 2. The Morgan fingerprint density at radius 1 is 1.05 bits per heavy atom. The number of ether oxygens (including phenoxy) is 1. The van der Waals surface area contributed by atoms with E-state index in [0.29, 0.717) is 22.4 Å². The van der Waals surface area contributed by atoms with Gasteiger partial charge in [-0.25, -0.2) is 0 Å². The number of pyridine rings is 1. The Labute approximate surface area is 231 Å². The lowest BCUT2D eigenvalue weighted by Crippen LogP contribution is -2.31. The van der Waals surface area contributed by atoms with Gasteiger partial charge in [-0.3, -0.25) is 9.59 Å². The van der Waals surface area contributed by atoms with Crippen molar-refractivity contribution < 1.29 is 18.4 Å². The van der Waals surface area contributed by atoms with Crippen LogP contribution in [0.2, 0.25) is 5.02 Å². The monoisotopic (exact) mass is 561 g/mol. The van der Waals surface area contributed by atoms with E-state index in [-0.39, 0.29) is 36.3 Å². The molecule has 11 nitrogen and oxygen atoms in total. The molecule has 5 aromatic rings. The Kier molecular flexibility index (Phi) is 7.78. The number of benzene rings is 2. The molecule has 40 heavy (non-hydrogen) atoms. The van der Waals surface area contributed by atoms with E-state index in [1.54, 1.807) is 47.9 Å². The van der Waals surface area contributed by atoms with Crippen molar-refractivity contribution in [2.24, 2.45) is 0 Å². The van der Waals surface area contributed by atoms with Crippen LogP contribution in [0.15, 0.2) is 82.2 Å². The van der Waals surface area contributed by atoms with Gasteiger partial charge in [-0.05, 0) is 48.0 Å². The molecule has 0 saturated heterocycles. The van der Waals surface area contributed by atoms with Crippen molar-refractivity contribution >= 4 is 29.1 Å². The molecule has 3 aromatic heterocycles. The lowest BCUT2D eigenvalue weighted by Gasteiger charge is -2.16. The fourth-order valence-electron chi connectivity index (χ4n) is 3.63. The molecule has 0 atom stereocenters. The summed E-state index contributed by atoms with van der Waals surface area (Å²) in [5.41, 5.74) is 0.554. The van der Waals surface area contributed by atoms with Crippen LogP contribution in [0.4, 0.5) is 16.0 Å². The van der Waals surface area contributed by atoms with Gasteiger partial charge in [0.05, 0.1) is 13.1 Å². The maximum Gasteiger partial charge on any atom is 0.287 e. The quantitative estimate of drug-likeness (QED) is 0.247. The van der Waals surface area contributed by atoms with Gasteiger partial charge in [-0.15, -0.1) is 0 Å². The smallest absolute Gasteiger partial charge is 0.287 e. The van der Waals surface area contributed by atoms with Crippen molar-refractivity contribution in [3.8, 4) is 11.6 Å². The zero-order valence-corrected chi connectivity index (χ0v) is 21.7. The first-order valence-corrected chi connectivity index (χ1v) is 12.3. The van der Waals surface area contributed by atoms with E-state index in [1.165, 1.54) is 24.4 Å². The van der Waals surface area contributed by atoms with Crippen molar-refractivity contribution in [3.05, 3.63) is 117 Å². The van der Waals surface area contributed by atoms with Crippen molar-refractivity contribution in [2.45, 2.75) is 20.0 Å². The van der Waals surface area contributed by atoms with E-state index < -0.39 is 17.4 Å². The first-order chi connectivity index (χ1) is 19.3. The van der Waals surface area contributed by atoms with Crippen LogP contribution in [0.3, 0.4) is 0 Å². The van der Waals surface area contributed by atoms with Gasteiger partial charge in [0, 0.05) is 29.9 Å². The zero-order chi connectivity index (χ0) is 28.1. The van der Waals surface area contributed by atoms with Gasteiger partial charge in [0.15, 0.2) is 5.82 Å². The van der Waals surface area contributed by atoms with Crippen LogP contribution in [0.1, 0.15) is 27.6 Å². The highest BCUT2D eigenvalue weighted by atomic mass is 35.5. The third kappa shape index (κ3) is 6.66. The van der Waals surface area contributed by atoms with Gasteiger partial charge in [0.1, 0.15) is 11.3 Å². The van der Waals surface area contributed by atoms with E-state index in [9.17, 15) is 14.0 Å². The molecule has 0 aliphatic rings. The van der Waals surface area contributed by atoms with Gasteiger partial charge >= 0.3 is 0 Å². The molecule has 5 rings (SSSR count). The first kappa shape index (κ1) is 26.5. The predicted molar refractivity (Wildman–Crippen MR) is 143 cm³/mol. The number of rotatable bonds is 9. The molecule has 0 bridgehead atoms. The van der Waals surface area contributed by atoms with Gasteiger partial charge < -0.3 is 24.5 Å². The minimum atomic E-state index is -0.728. The standard InChI is InChI=1S/C27H21ClFN7O4/c1-16-31-23(35-40-16)13-30-25(37)21-15-36(14-17-5-7-18(28)8-6-17)27(34-26(21)38)32-19-9-11-20(12-10-19)39-24-4-2-3-22(29)33-24/h2-12,15H,13-14H2,1H3,(H,30,37)(H,32,34,38).